The van der Waals surface area contributed by atoms with Gasteiger partial charge in [-0.15, -0.1) is 0 Å². The van der Waals surface area contributed by atoms with Crippen molar-refractivity contribution < 1.29 is 63.2 Å². The Hall–Kier alpha value is -3.39. The molecule has 4 heterocycles. The number of hydrogen-bond donors (Lipinski definition) is 6. The number of rotatable bonds is 11. The maximum atomic E-state index is 12.7. The van der Waals surface area contributed by atoms with Gasteiger partial charge in [0.1, 0.15) is 76.6 Å². The van der Waals surface area contributed by atoms with Crippen LogP contribution in [-0.2, 0) is 32.2 Å². The number of aliphatic hydroxyl groups is 6. The second kappa shape index (κ2) is 15.5. The van der Waals surface area contributed by atoms with Crippen molar-refractivity contribution in [3.05, 3.63) is 86.1 Å². The lowest BCUT2D eigenvalue weighted by Gasteiger charge is -2.46. The zero-order chi connectivity index (χ0) is 35.7. The van der Waals surface area contributed by atoms with Gasteiger partial charge in [0.05, 0.1) is 44.7 Å². The van der Waals surface area contributed by atoms with Crippen LogP contribution in [0.2, 0.25) is 0 Å². The van der Waals surface area contributed by atoms with Gasteiger partial charge in [-0.3, -0.25) is 0 Å². The third-order valence-corrected chi connectivity index (χ3v) is 10.1. The van der Waals surface area contributed by atoms with E-state index in [9.17, 15) is 40.2 Å². The highest BCUT2D eigenvalue weighted by Gasteiger charge is 2.51. The Morgan fingerprint density at radius 1 is 0.680 bits per heavy atom. The Morgan fingerprint density at radius 3 is 1.64 bits per heavy atom. The van der Waals surface area contributed by atoms with E-state index in [1.165, 1.54) is 7.11 Å². The second-order valence-electron chi connectivity index (χ2n) is 12.2. The van der Waals surface area contributed by atoms with E-state index in [1.807, 2.05) is 13.0 Å². The first-order valence-corrected chi connectivity index (χ1v) is 16.7. The highest BCUT2D eigenvalue weighted by atomic mass is 32.2. The number of methoxy groups -OCH3 is 1. The highest BCUT2D eigenvalue weighted by molar-refractivity contribution is 8.00. The minimum atomic E-state index is -1.59. The molecule has 2 aliphatic heterocycles. The van der Waals surface area contributed by atoms with Crippen molar-refractivity contribution in [1.29, 1.82) is 0 Å². The summed E-state index contributed by atoms with van der Waals surface area (Å²) in [5.74, 6) is 0.494. The average molecular weight is 719 g/mol. The molecular formula is C34H38O15S. The molecule has 10 atom stereocenters. The summed E-state index contributed by atoms with van der Waals surface area (Å²) < 4.78 is 39.1. The van der Waals surface area contributed by atoms with E-state index in [-0.39, 0.29) is 29.9 Å². The summed E-state index contributed by atoms with van der Waals surface area (Å²) in [5, 5.41) is 65.5. The van der Waals surface area contributed by atoms with E-state index in [1.54, 1.807) is 42.5 Å². The summed E-state index contributed by atoms with van der Waals surface area (Å²) in [6.45, 7) is -0.207. The summed E-state index contributed by atoms with van der Waals surface area (Å²) in [6.07, 6.45) is -11.4. The Morgan fingerprint density at radius 2 is 1.16 bits per heavy atom. The van der Waals surface area contributed by atoms with Gasteiger partial charge in [-0.1, -0.05) is 23.9 Å². The minimum Gasteiger partial charge on any atom is -0.497 e. The smallest absolute Gasteiger partial charge is 0.341 e. The van der Waals surface area contributed by atoms with Crippen LogP contribution in [0, 0.1) is 6.92 Å². The van der Waals surface area contributed by atoms with E-state index in [0.29, 0.717) is 22.1 Å². The van der Waals surface area contributed by atoms with E-state index >= 15 is 0 Å². The van der Waals surface area contributed by atoms with Crippen LogP contribution in [0.3, 0.4) is 0 Å². The Labute approximate surface area is 288 Å². The average Bonchev–Trinajstić information content (AvgIpc) is 3.10. The highest BCUT2D eigenvalue weighted by Crippen LogP contribution is 2.38. The molecule has 0 aliphatic carbocycles. The minimum absolute atomic E-state index is 0.0969. The molecule has 16 heteroatoms. The molecule has 2 aliphatic rings. The van der Waals surface area contributed by atoms with Gasteiger partial charge in [0.15, 0.2) is 0 Å². The van der Waals surface area contributed by atoms with E-state index in [4.69, 9.17) is 32.5 Å². The molecule has 2 aromatic carbocycles. The molecule has 0 bridgehead atoms. The molecule has 2 aromatic heterocycles. The predicted octanol–water partition coefficient (Wildman–Crippen LogP) is 0.298. The number of thioether (sulfide) groups is 1. The maximum absolute atomic E-state index is 12.7. The third kappa shape index (κ3) is 7.46. The summed E-state index contributed by atoms with van der Waals surface area (Å²) >= 11 is 0.744. The fraction of sp³-hybridized carbons (Fsp3) is 0.471. The van der Waals surface area contributed by atoms with Gasteiger partial charge in [0.2, 0.25) is 0 Å². The third-order valence-electron chi connectivity index (χ3n) is 8.75. The molecule has 2 fully saturated rings. The Balaban J connectivity index is 1.16. The zero-order valence-electron chi connectivity index (χ0n) is 27.0. The molecule has 0 radical (unpaired) electrons. The van der Waals surface area contributed by atoms with Crippen LogP contribution >= 0.6 is 11.8 Å². The first kappa shape index (κ1) is 36.4. The van der Waals surface area contributed by atoms with Gasteiger partial charge >= 0.3 is 11.3 Å². The van der Waals surface area contributed by atoms with Crippen molar-refractivity contribution in [2.24, 2.45) is 0 Å². The molecule has 2 saturated heterocycles. The first-order valence-electron chi connectivity index (χ1n) is 15.8. The Kier molecular flexibility index (Phi) is 11.3. The van der Waals surface area contributed by atoms with E-state index < -0.39 is 84.2 Å². The summed E-state index contributed by atoms with van der Waals surface area (Å²) in [6, 6.07) is 13.4. The van der Waals surface area contributed by atoms with Crippen molar-refractivity contribution in [2.45, 2.75) is 79.8 Å². The fourth-order valence-electron chi connectivity index (χ4n) is 5.95. The fourth-order valence-corrected chi connectivity index (χ4v) is 7.26. The van der Waals surface area contributed by atoms with Crippen molar-refractivity contribution in [3.63, 3.8) is 0 Å². The monoisotopic (exact) mass is 718 g/mol. The van der Waals surface area contributed by atoms with Crippen LogP contribution in [0.25, 0.3) is 21.9 Å². The SMILES string of the molecule is COc1ccc2cc(COC3[C@@H](O)C(CO)O[C@@H](S[C@@H]4OC(CO)[C@H](O)[C@H](OCc5cc6ccc(C)cc6oc5=O)C4O)[C@@H]3O)c(=O)oc2c1. The zero-order valence-corrected chi connectivity index (χ0v) is 27.8. The summed E-state index contributed by atoms with van der Waals surface area (Å²) in [4.78, 5) is 25.4. The molecular weight excluding hydrogens is 680 g/mol. The summed E-state index contributed by atoms with van der Waals surface area (Å²) in [5.41, 5.74) is -2.13. The topological polar surface area (TPSA) is 228 Å². The largest absolute Gasteiger partial charge is 0.497 e. The Bertz CT molecular complexity index is 1910. The van der Waals surface area contributed by atoms with E-state index in [0.717, 1.165) is 17.3 Å². The molecule has 4 unspecified atom stereocenters. The van der Waals surface area contributed by atoms with E-state index in [2.05, 4.69) is 0 Å². The van der Waals surface area contributed by atoms with Gasteiger partial charge in [-0.05, 0) is 42.8 Å². The van der Waals surface area contributed by atoms with Crippen LogP contribution in [0.1, 0.15) is 16.7 Å². The van der Waals surface area contributed by atoms with Crippen molar-refractivity contribution in [1.82, 2.24) is 0 Å². The molecule has 270 valence electrons. The van der Waals surface area contributed by atoms with Gasteiger partial charge in [0, 0.05) is 16.8 Å². The molecule has 6 N–H and O–H groups in total. The van der Waals surface area contributed by atoms with Crippen molar-refractivity contribution in [2.75, 3.05) is 20.3 Å². The maximum Gasteiger partial charge on any atom is 0.341 e. The van der Waals surface area contributed by atoms with Crippen LogP contribution < -0.4 is 16.0 Å². The second-order valence-corrected chi connectivity index (χ2v) is 13.4. The molecule has 4 aromatic rings. The van der Waals surface area contributed by atoms with Crippen molar-refractivity contribution >= 4 is 33.7 Å². The number of benzene rings is 2. The lowest BCUT2D eigenvalue weighted by molar-refractivity contribution is -0.231. The lowest BCUT2D eigenvalue weighted by atomic mass is 9.99. The molecule has 6 rings (SSSR count). The van der Waals surface area contributed by atoms with Crippen LogP contribution in [0.4, 0.5) is 0 Å². The van der Waals surface area contributed by atoms with Crippen LogP contribution in [-0.4, -0.2) is 111 Å². The first-order chi connectivity index (χ1) is 24.0. The number of aliphatic hydroxyl groups excluding tert-OH is 6. The molecule has 0 spiro atoms. The number of fused-ring (bicyclic) bond motifs is 2. The van der Waals surface area contributed by atoms with Gasteiger partial charge in [0.25, 0.3) is 0 Å². The molecule has 0 saturated carbocycles. The van der Waals surface area contributed by atoms with Gasteiger partial charge in [-0.2, -0.15) is 0 Å². The van der Waals surface area contributed by atoms with Crippen molar-refractivity contribution in [3.8, 4) is 5.75 Å². The number of hydrogen-bond acceptors (Lipinski definition) is 16. The standard InChI is InChI=1S/C34H38O15S/c1-15-3-4-16-8-18(31(41)46-21(16)7-15)13-44-29-25(37)23(11-35)48-33(27(29)39)50-34-28(40)30(26(38)24(12-36)49-34)45-14-19-9-17-5-6-20(43-2)10-22(17)47-32(19)42/h3-10,23-30,33-40H,11-14H2,1-2H3/t23?,24?,25-,26-,27?,28+,29-,30?,33-,34-/m0/s1. The van der Waals surface area contributed by atoms with Gasteiger partial charge in [-0.25, -0.2) is 9.59 Å². The van der Waals surface area contributed by atoms with Crippen LogP contribution in [0.5, 0.6) is 5.75 Å². The number of aryl methyl sites for hydroxylation is 1. The number of ether oxygens (including phenoxy) is 5. The van der Waals surface area contributed by atoms with Crippen LogP contribution in [0.15, 0.2) is 67.0 Å². The quantitative estimate of drug-likeness (QED) is 0.115. The molecule has 0 amide bonds. The molecule has 50 heavy (non-hydrogen) atoms. The predicted molar refractivity (Wildman–Crippen MR) is 177 cm³/mol. The lowest BCUT2D eigenvalue weighted by Crippen LogP contribution is -2.61. The normalized spacial score (nSPS) is 30.2. The van der Waals surface area contributed by atoms with Gasteiger partial charge < -0.3 is 63.2 Å². The summed E-state index contributed by atoms with van der Waals surface area (Å²) in [7, 11) is 1.48. The molecule has 15 nitrogen and oxygen atoms in total.